The molecule has 0 spiro atoms. The molecule has 0 N–H and O–H groups in total. The first-order valence-corrected chi connectivity index (χ1v) is 8.60. The van der Waals surface area contributed by atoms with Gasteiger partial charge in [-0.1, -0.05) is 12.1 Å². The lowest BCUT2D eigenvalue weighted by molar-refractivity contribution is 0.585. The molecule has 0 saturated heterocycles. The molecule has 7 heteroatoms. The standard InChI is InChI=1S/C14H20N4O2S/c1-5-17-14(15-12(3)16-17)10-18(21(4,19)20)13-8-6-7-11(2)9-13/h6-9H,5,10H2,1-4H3. The van der Waals surface area contributed by atoms with Crippen LogP contribution in [0, 0.1) is 13.8 Å². The van der Waals surface area contributed by atoms with Crippen molar-refractivity contribution in [3.8, 4) is 0 Å². The van der Waals surface area contributed by atoms with Gasteiger partial charge in [0.2, 0.25) is 10.0 Å². The molecule has 2 rings (SSSR count). The number of hydrogen-bond donors (Lipinski definition) is 0. The molecule has 0 saturated carbocycles. The van der Waals surface area contributed by atoms with E-state index < -0.39 is 10.0 Å². The third kappa shape index (κ3) is 3.60. The first-order valence-electron chi connectivity index (χ1n) is 6.76. The molecule has 114 valence electrons. The largest absolute Gasteiger partial charge is 0.263 e. The van der Waals surface area contributed by atoms with Crippen molar-refractivity contribution in [2.75, 3.05) is 10.6 Å². The second-order valence-corrected chi connectivity index (χ2v) is 6.91. The summed E-state index contributed by atoms with van der Waals surface area (Å²) in [4.78, 5) is 4.33. The topological polar surface area (TPSA) is 68.1 Å². The normalized spacial score (nSPS) is 11.6. The van der Waals surface area contributed by atoms with Crippen LogP contribution in [0.4, 0.5) is 5.69 Å². The third-order valence-corrected chi connectivity index (χ3v) is 4.27. The van der Waals surface area contributed by atoms with E-state index >= 15 is 0 Å². The van der Waals surface area contributed by atoms with Gasteiger partial charge in [-0.15, -0.1) is 0 Å². The van der Waals surface area contributed by atoms with Crippen LogP contribution in [0.2, 0.25) is 0 Å². The molecule has 6 nitrogen and oxygen atoms in total. The number of aryl methyl sites for hydroxylation is 3. The Hall–Kier alpha value is -1.89. The van der Waals surface area contributed by atoms with E-state index in [4.69, 9.17) is 0 Å². The maximum atomic E-state index is 12.1. The van der Waals surface area contributed by atoms with Crippen molar-refractivity contribution in [1.82, 2.24) is 14.8 Å². The SMILES string of the molecule is CCn1nc(C)nc1CN(c1cccc(C)c1)S(C)(=O)=O. The van der Waals surface area contributed by atoms with Crippen LogP contribution in [-0.4, -0.2) is 29.4 Å². The second-order valence-electron chi connectivity index (χ2n) is 5.00. The van der Waals surface area contributed by atoms with Crippen LogP contribution >= 0.6 is 0 Å². The zero-order chi connectivity index (χ0) is 15.6. The molecule has 0 unspecified atom stereocenters. The first kappa shape index (κ1) is 15.5. The molecule has 0 radical (unpaired) electrons. The summed E-state index contributed by atoms with van der Waals surface area (Å²) < 4.78 is 27.3. The smallest absolute Gasteiger partial charge is 0.232 e. The summed E-state index contributed by atoms with van der Waals surface area (Å²) in [6, 6.07) is 7.41. The number of hydrogen-bond acceptors (Lipinski definition) is 4. The van der Waals surface area contributed by atoms with Gasteiger partial charge in [0.25, 0.3) is 0 Å². The van der Waals surface area contributed by atoms with Gasteiger partial charge in [-0.05, 0) is 38.5 Å². The van der Waals surface area contributed by atoms with Crippen molar-refractivity contribution >= 4 is 15.7 Å². The van der Waals surface area contributed by atoms with Crippen LogP contribution in [0.3, 0.4) is 0 Å². The quantitative estimate of drug-likeness (QED) is 0.846. The van der Waals surface area contributed by atoms with Crippen LogP contribution in [0.5, 0.6) is 0 Å². The Morgan fingerprint density at radius 3 is 2.57 bits per heavy atom. The van der Waals surface area contributed by atoms with Crippen molar-refractivity contribution in [3.05, 3.63) is 41.5 Å². The van der Waals surface area contributed by atoms with Crippen LogP contribution in [-0.2, 0) is 23.1 Å². The molecule has 0 aliphatic carbocycles. The highest BCUT2D eigenvalue weighted by molar-refractivity contribution is 7.92. The molecule has 0 amide bonds. The summed E-state index contributed by atoms with van der Waals surface area (Å²) in [6.45, 7) is 6.52. The van der Waals surface area contributed by atoms with Crippen LogP contribution in [0.25, 0.3) is 0 Å². The summed E-state index contributed by atoms with van der Waals surface area (Å²) in [7, 11) is -3.40. The average molecular weight is 308 g/mol. The molecule has 1 aromatic carbocycles. The Labute approximate surface area is 125 Å². The van der Waals surface area contributed by atoms with Crippen LogP contribution in [0.1, 0.15) is 24.1 Å². The highest BCUT2D eigenvalue weighted by Gasteiger charge is 2.21. The molecule has 0 atom stereocenters. The van der Waals surface area contributed by atoms with Gasteiger partial charge >= 0.3 is 0 Å². The number of aromatic nitrogens is 3. The van der Waals surface area contributed by atoms with Gasteiger partial charge in [0.1, 0.15) is 11.6 Å². The zero-order valence-corrected chi connectivity index (χ0v) is 13.6. The van der Waals surface area contributed by atoms with Crippen molar-refractivity contribution in [1.29, 1.82) is 0 Å². The Morgan fingerprint density at radius 1 is 1.29 bits per heavy atom. The molecule has 0 bridgehead atoms. The van der Waals surface area contributed by atoms with E-state index in [1.165, 1.54) is 10.6 Å². The summed E-state index contributed by atoms with van der Waals surface area (Å²) >= 11 is 0. The Balaban J connectivity index is 2.43. The number of nitrogens with zero attached hydrogens (tertiary/aromatic N) is 4. The minimum absolute atomic E-state index is 0.178. The van der Waals surface area contributed by atoms with Crippen LogP contribution in [0.15, 0.2) is 24.3 Å². The molecule has 21 heavy (non-hydrogen) atoms. The van der Waals surface area contributed by atoms with Gasteiger partial charge in [-0.2, -0.15) is 5.10 Å². The van der Waals surface area contributed by atoms with Gasteiger partial charge in [0.05, 0.1) is 18.5 Å². The van der Waals surface area contributed by atoms with Crippen molar-refractivity contribution in [3.63, 3.8) is 0 Å². The Kier molecular flexibility index (Phi) is 4.32. The lowest BCUT2D eigenvalue weighted by Gasteiger charge is -2.22. The minimum Gasteiger partial charge on any atom is -0.263 e. The molecule has 1 heterocycles. The van der Waals surface area contributed by atoms with Crippen molar-refractivity contribution < 1.29 is 8.42 Å². The second kappa shape index (κ2) is 5.85. The predicted octanol–water partition coefficient (Wildman–Crippen LogP) is 1.88. The molecule has 2 aromatic rings. The maximum Gasteiger partial charge on any atom is 0.232 e. The van der Waals surface area contributed by atoms with Gasteiger partial charge in [-0.3, -0.25) is 4.31 Å². The van der Waals surface area contributed by atoms with Crippen molar-refractivity contribution in [2.24, 2.45) is 0 Å². The van der Waals surface area contributed by atoms with E-state index in [0.29, 0.717) is 23.9 Å². The zero-order valence-electron chi connectivity index (χ0n) is 12.7. The first-order chi connectivity index (χ1) is 9.81. The molecule has 0 fully saturated rings. The number of benzene rings is 1. The van der Waals surface area contributed by atoms with E-state index in [1.54, 1.807) is 17.7 Å². The summed E-state index contributed by atoms with van der Waals surface area (Å²) in [6.07, 6.45) is 1.20. The lowest BCUT2D eigenvalue weighted by Crippen LogP contribution is -2.30. The van der Waals surface area contributed by atoms with Gasteiger partial charge in [-0.25, -0.2) is 18.1 Å². The molecule has 0 aliphatic heterocycles. The molecular weight excluding hydrogens is 288 g/mol. The third-order valence-electron chi connectivity index (χ3n) is 3.13. The Bertz CT molecular complexity index is 737. The lowest BCUT2D eigenvalue weighted by atomic mass is 10.2. The fourth-order valence-electron chi connectivity index (χ4n) is 2.18. The highest BCUT2D eigenvalue weighted by atomic mass is 32.2. The highest BCUT2D eigenvalue weighted by Crippen LogP contribution is 2.21. The fourth-order valence-corrected chi connectivity index (χ4v) is 3.03. The maximum absolute atomic E-state index is 12.1. The van der Waals surface area contributed by atoms with E-state index in [-0.39, 0.29) is 6.54 Å². The molecule has 1 aromatic heterocycles. The van der Waals surface area contributed by atoms with Gasteiger partial charge in [0.15, 0.2) is 0 Å². The fraction of sp³-hybridized carbons (Fsp3) is 0.429. The predicted molar refractivity (Wildman–Crippen MR) is 82.6 cm³/mol. The summed E-state index contributed by atoms with van der Waals surface area (Å²) in [5, 5.41) is 4.26. The van der Waals surface area contributed by atoms with E-state index in [9.17, 15) is 8.42 Å². The van der Waals surface area contributed by atoms with Crippen LogP contribution < -0.4 is 4.31 Å². The van der Waals surface area contributed by atoms with Crippen molar-refractivity contribution in [2.45, 2.75) is 33.9 Å². The number of sulfonamides is 1. The minimum atomic E-state index is -3.40. The van der Waals surface area contributed by atoms with Gasteiger partial charge in [0, 0.05) is 6.54 Å². The molecule has 0 aliphatic rings. The van der Waals surface area contributed by atoms with Gasteiger partial charge < -0.3 is 0 Å². The summed E-state index contributed by atoms with van der Waals surface area (Å²) in [5.41, 5.74) is 1.65. The Morgan fingerprint density at radius 2 is 2.00 bits per heavy atom. The van der Waals surface area contributed by atoms with E-state index in [0.717, 1.165) is 5.56 Å². The van der Waals surface area contributed by atoms with E-state index in [1.807, 2.05) is 32.0 Å². The van der Waals surface area contributed by atoms with E-state index in [2.05, 4.69) is 10.1 Å². The average Bonchev–Trinajstić information content (AvgIpc) is 2.74. The summed E-state index contributed by atoms with van der Waals surface area (Å²) in [5.74, 6) is 1.28. The number of rotatable bonds is 5. The number of anilines is 1. The monoisotopic (exact) mass is 308 g/mol. The molecular formula is C14H20N4O2S.